The number of unbranched alkanes of at least 4 members (excludes halogenated alkanes) is 1. The highest BCUT2D eigenvalue weighted by Crippen LogP contribution is 2.20. The van der Waals surface area contributed by atoms with Crippen LogP contribution >= 0.6 is 0 Å². The summed E-state index contributed by atoms with van der Waals surface area (Å²) in [5, 5.41) is 11.5. The summed E-state index contributed by atoms with van der Waals surface area (Å²) in [5.74, 6) is 1.28. The number of rotatable bonds is 4. The molecule has 1 heteroatoms. The summed E-state index contributed by atoms with van der Waals surface area (Å²) in [7, 11) is 0. The molecule has 0 aliphatic heterocycles. The van der Waals surface area contributed by atoms with E-state index >= 15 is 0 Å². The number of aromatic hydroxyl groups is 1. The molecule has 23 heavy (non-hydrogen) atoms. The first-order valence-electron chi connectivity index (χ1n) is 9.17. The van der Waals surface area contributed by atoms with Crippen LogP contribution in [0.1, 0.15) is 72.3 Å². The molecule has 0 aromatic heterocycles. The van der Waals surface area contributed by atoms with E-state index in [1.807, 2.05) is 13.0 Å². The summed E-state index contributed by atoms with van der Waals surface area (Å²) in [6.07, 6.45) is 6.72. The largest absolute Gasteiger partial charge is 0.508 e. The van der Waals surface area contributed by atoms with Gasteiger partial charge in [0.2, 0.25) is 0 Å². The predicted molar refractivity (Wildman–Crippen MR) is 105 cm³/mol. The average molecular weight is 317 g/mol. The summed E-state index contributed by atoms with van der Waals surface area (Å²) >= 11 is 0. The van der Waals surface area contributed by atoms with Crippen LogP contribution < -0.4 is 0 Å². The van der Waals surface area contributed by atoms with Crippen molar-refractivity contribution in [1.29, 1.82) is 0 Å². The van der Waals surface area contributed by atoms with Crippen molar-refractivity contribution < 1.29 is 5.11 Å². The number of hydrogen-bond acceptors (Lipinski definition) is 1. The minimum absolute atomic E-state index is 0.327. The van der Waals surface area contributed by atoms with E-state index in [4.69, 9.17) is 0 Å². The maximum absolute atomic E-state index is 9.22. The maximum Gasteiger partial charge on any atom is 0.116 e. The smallest absolute Gasteiger partial charge is 0.116 e. The molecule has 0 heterocycles. The highest BCUT2D eigenvalue weighted by Gasteiger charge is 1.94. The minimum atomic E-state index is 0.327. The van der Waals surface area contributed by atoms with Gasteiger partial charge in [0, 0.05) is 0 Å². The molecule has 0 aliphatic rings. The number of benzene rings is 2. The lowest BCUT2D eigenvalue weighted by Gasteiger charge is -2.02. The molecule has 0 spiro atoms. The Balaban J connectivity index is 0.000000377. The van der Waals surface area contributed by atoms with Gasteiger partial charge >= 0.3 is 0 Å². The van der Waals surface area contributed by atoms with Gasteiger partial charge in [0.25, 0.3) is 0 Å². The molecular weight excluding hydrogens is 280 g/mol. The summed E-state index contributed by atoms with van der Waals surface area (Å²) in [6.45, 7) is 13.2. The van der Waals surface area contributed by atoms with Crippen LogP contribution in [0, 0.1) is 12.8 Å². The highest BCUT2D eigenvalue weighted by molar-refractivity contribution is 5.84. The van der Waals surface area contributed by atoms with Crippen LogP contribution in [0.15, 0.2) is 36.4 Å². The zero-order valence-electron chi connectivity index (χ0n) is 16.0. The lowest BCUT2D eigenvalue weighted by molar-refractivity contribution is 0.476. The third-order valence-corrected chi connectivity index (χ3v) is 3.96. The Labute approximate surface area is 143 Å². The van der Waals surface area contributed by atoms with E-state index < -0.39 is 0 Å². The van der Waals surface area contributed by atoms with Crippen molar-refractivity contribution in [3.8, 4) is 5.75 Å². The summed E-state index contributed by atoms with van der Waals surface area (Å²) < 4.78 is 0. The molecule has 0 amide bonds. The molecule has 0 fully saturated rings. The van der Waals surface area contributed by atoms with Gasteiger partial charge in [0.05, 0.1) is 0 Å². The Kier molecular flexibility index (Phi) is 12.1. The van der Waals surface area contributed by atoms with Crippen molar-refractivity contribution in [3.63, 3.8) is 0 Å². The molecule has 130 valence electrons. The van der Waals surface area contributed by atoms with Crippen molar-refractivity contribution in [3.05, 3.63) is 42.0 Å². The number of phenolic OH excluding ortho intramolecular Hbond substituents is 1. The van der Waals surface area contributed by atoms with Crippen LogP contribution in [0.2, 0.25) is 0 Å². The lowest BCUT2D eigenvalue weighted by Crippen LogP contribution is -1.88. The average Bonchev–Trinajstić information content (AvgIpc) is 2.55. The van der Waals surface area contributed by atoms with Crippen molar-refractivity contribution >= 4 is 10.8 Å². The molecule has 2 aromatic rings. The molecule has 0 aliphatic carbocycles. The molecule has 2 rings (SSSR count). The number of phenols is 1. The molecule has 0 saturated carbocycles. The molecule has 0 bridgehead atoms. The Hall–Kier alpha value is -1.50. The quantitative estimate of drug-likeness (QED) is 0.619. The fraction of sp³-hybridized carbons (Fsp3) is 0.545. The van der Waals surface area contributed by atoms with Crippen LogP contribution in [0.25, 0.3) is 10.8 Å². The third-order valence-electron chi connectivity index (χ3n) is 3.96. The normalized spacial score (nSPS) is 11.0. The Bertz CT molecular complexity index is 492. The van der Waals surface area contributed by atoms with Crippen LogP contribution in [-0.4, -0.2) is 5.11 Å². The van der Waals surface area contributed by atoms with E-state index in [0.29, 0.717) is 5.75 Å². The third kappa shape index (κ3) is 9.99. The molecule has 0 saturated heterocycles. The predicted octanol–water partition coefficient (Wildman–Crippen LogP) is 7.49. The van der Waals surface area contributed by atoms with E-state index in [9.17, 15) is 5.11 Å². The van der Waals surface area contributed by atoms with Crippen LogP contribution in [-0.2, 0) is 0 Å². The second kappa shape index (κ2) is 13.0. The summed E-state index contributed by atoms with van der Waals surface area (Å²) in [4.78, 5) is 0. The summed E-state index contributed by atoms with van der Waals surface area (Å²) in [6, 6.07) is 11.6. The van der Waals surface area contributed by atoms with Crippen molar-refractivity contribution in [2.45, 2.75) is 73.6 Å². The molecular formula is C22H36O. The van der Waals surface area contributed by atoms with Gasteiger partial charge in [-0.25, -0.2) is 0 Å². The van der Waals surface area contributed by atoms with E-state index in [1.165, 1.54) is 43.1 Å². The first-order valence-corrected chi connectivity index (χ1v) is 9.17. The van der Waals surface area contributed by atoms with Gasteiger partial charge in [0.1, 0.15) is 5.75 Å². The highest BCUT2D eigenvalue weighted by atomic mass is 16.3. The van der Waals surface area contributed by atoms with E-state index in [-0.39, 0.29) is 0 Å². The topological polar surface area (TPSA) is 20.2 Å². The van der Waals surface area contributed by atoms with Gasteiger partial charge < -0.3 is 5.11 Å². The maximum atomic E-state index is 9.22. The number of aryl methyl sites for hydroxylation is 1. The van der Waals surface area contributed by atoms with Gasteiger partial charge in [-0.05, 0) is 35.7 Å². The van der Waals surface area contributed by atoms with Gasteiger partial charge in [-0.3, -0.25) is 0 Å². The fourth-order valence-corrected chi connectivity index (χ4v) is 2.05. The van der Waals surface area contributed by atoms with Gasteiger partial charge in [-0.15, -0.1) is 0 Å². The van der Waals surface area contributed by atoms with Crippen molar-refractivity contribution in [1.82, 2.24) is 0 Å². The number of fused-ring (bicyclic) bond motifs is 1. The molecule has 2 aromatic carbocycles. The zero-order valence-corrected chi connectivity index (χ0v) is 16.0. The zero-order chi connectivity index (χ0) is 17.7. The van der Waals surface area contributed by atoms with Crippen LogP contribution in [0.5, 0.6) is 5.75 Å². The van der Waals surface area contributed by atoms with Crippen LogP contribution in [0.3, 0.4) is 0 Å². The Morgan fingerprint density at radius 3 is 1.91 bits per heavy atom. The molecule has 1 atom stereocenters. The van der Waals surface area contributed by atoms with Crippen molar-refractivity contribution in [2.75, 3.05) is 0 Å². The second-order valence-electron chi connectivity index (χ2n) is 6.34. The van der Waals surface area contributed by atoms with Crippen LogP contribution in [0.4, 0.5) is 0 Å². The number of hydrogen-bond donors (Lipinski definition) is 1. The van der Waals surface area contributed by atoms with E-state index in [2.05, 4.69) is 52.8 Å². The van der Waals surface area contributed by atoms with Crippen molar-refractivity contribution in [2.24, 2.45) is 5.92 Å². The second-order valence-corrected chi connectivity index (χ2v) is 6.34. The SMILES string of the molecule is CCCC.CCCC(C)CC.Cc1ccc2ccc(O)cc2c1. The van der Waals surface area contributed by atoms with Gasteiger partial charge in [-0.1, -0.05) is 96.6 Å². The molecule has 0 radical (unpaired) electrons. The Morgan fingerprint density at radius 1 is 0.826 bits per heavy atom. The molecule has 1 nitrogen and oxygen atoms in total. The minimum Gasteiger partial charge on any atom is -0.508 e. The Morgan fingerprint density at radius 2 is 1.43 bits per heavy atom. The lowest BCUT2D eigenvalue weighted by atomic mass is 10.0. The monoisotopic (exact) mass is 316 g/mol. The molecule has 1 unspecified atom stereocenters. The fourth-order valence-electron chi connectivity index (χ4n) is 2.05. The standard InChI is InChI=1S/C11H10O.C7H16.C4H10/c1-8-2-3-9-4-5-11(12)7-10(9)6-8;1-4-6-7(3)5-2;1-3-4-2/h2-7,12H,1H3;7H,4-6H2,1-3H3;3-4H2,1-2H3. The first kappa shape index (κ1) is 21.5. The first-order chi connectivity index (χ1) is 11.0. The van der Waals surface area contributed by atoms with E-state index in [0.717, 1.165) is 11.3 Å². The van der Waals surface area contributed by atoms with Gasteiger partial charge in [0.15, 0.2) is 0 Å². The summed E-state index contributed by atoms with van der Waals surface area (Å²) in [5.41, 5.74) is 1.22. The van der Waals surface area contributed by atoms with E-state index in [1.54, 1.807) is 12.1 Å². The van der Waals surface area contributed by atoms with Gasteiger partial charge in [-0.2, -0.15) is 0 Å². The molecule has 1 N–H and O–H groups in total.